The highest BCUT2D eigenvalue weighted by Gasteiger charge is 2.22. The van der Waals surface area contributed by atoms with Gasteiger partial charge in [-0.05, 0) is 44.4 Å². The summed E-state index contributed by atoms with van der Waals surface area (Å²) >= 11 is 0. The van der Waals surface area contributed by atoms with Gasteiger partial charge in [0, 0.05) is 11.8 Å². The molecule has 1 aromatic heterocycles. The third-order valence-electron chi connectivity index (χ3n) is 3.69. The highest BCUT2D eigenvalue weighted by atomic mass is 16.3. The average molecular weight is 329 g/mol. The van der Waals surface area contributed by atoms with Gasteiger partial charge in [0.1, 0.15) is 5.56 Å². The van der Waals surface area contributed by atoms with E-state index in [4.69, 9.17) is 0 Å². The Labute approximate surface area is 140 Å². The summed E-state index contributed by atoms with van der Waals surface area (Å²) < 4.78 is 1.14. The van der Waals surface area contributed by atoms with Gasteiger partial charge < -0.3 is 5.11 Å². The zero-order valence-electron chi connectivity index (χ0n) is 14.6. The number of hydrogen-bond donors (Lipinski definition) is 2. The van der Waals surface area contributed by atoms with Gasteiger partial charge in [0.05, 0.1) is 5.69 Å². The van der Waals surface area contributed by atoms with Crippen LogP contribution in [0.2, 0.25) is 0 Å². The minimum Gasteiger partial charge on any atom is -0.494 e. The van der Waals surface area contributed by atoms with Crippen molar-refractivity contribution in [3.8, 4) is 5.88 Å². The second-order valence-corrected chi connectivity index (χ2v) is 7.01. The van der Waals surface area contributed by atoms with E-state index in [1.54, 1.807) is 20.8 Å². The van der Waals surface area contributed by atoms with Crippen LogP contribution in [0.1, 0.15) is 51.7 Å². The molecule has 0 aliphatic carbocycles. The Morgan fingerprint density at radius 2 is 1.75 bits per heavy atom. The number of aliphatic imine (C=N–C) groups is 1. The molecule has 0 fully saturated rings. The van der Waals surface area contributed by atoms with Crippen LogP contribution >= 0.6 is 0 Å². The number of hydrogen-bond acceptors (Lipinski definition) is 4. The normalized spacial score (nSPS) is 12.2. The van der Waals surface area contributed by atoms with E-state index < -0.39 is 16.8 Å². The molecule has 1 aromatic carbocycles. The first kappa shape index (κ1) is 17.7. The third-order valence-corrected chi connectivity index (χ3v) is 3.69. The monoisotopic (exact) mass is 329 g/mol. The number of benzene rings is 1. The lowest BCUT2D eigenvalue weighted by molar-refractivity contribution is 0.305. The lowest BCUT2D eigenvalue weighted by Crippen LogP contribution is -2.40. The van der Waals surface area contributed by atoms with Crippen LogP contribution in [-0.2, 0) is 5.54 Å². The molecular weight excluding hydrogens is 306 g/mol. The van der Waals surface area contributed by atoms with E-state index in [-0.39, 0.29) is 11.4 Å². The van der Waals surface area contributed by atoms with Crippen LogP contribution in [0.5, 0.6) is 5.88 Å². The molecule has 6 heteroatoms. The van der Waals surface area contributed by atoms with Crippen molar-refractivity contribution < 1.29 is 5.11 Å². The number of aromatic nitrogens is 2. The van der Waals surface area contributed by atoms with Crippen LogP contribution < -0.4 is 11.2 Å². The Morgan fingerprint density at radius 1 is 1.17 bits per heavy atom. The Hall–Kier alpha value is -2.63. The van der Waals surface area contributed by atoms with Gasteiger partial charge in [0.15, 0.2) is 0 Å². The van der Waals surface area contributed by atoms with Crippen molar-refractivity contribution in [3.63, 3.8) is 0 Å². The Morgan fingerprint density at radius 3 is 2.25 bits per heavy atom. The van der Waals surface area contributed by atoms with Crippen LogP contribution in [-0.4, -0.2) is 20.9 Å². The lowest BCUT2D eigenvalue weighted by atomic mass is 10.0. The summed E-state index contributed by atoms with van der Waals surface area (Å²) in [4.78, 5) is 30.4. The summed E-state index contributed by atoms with van der Waals surface area (Å²) in [6.45, 7) is 9.49. The molecule has 0 saturated carbocycles. The van der Waals surface area contributed by atoms with E-state index >= 15 is 0 Å². The van der Waals surface area contributed by atoms with Crippen molar-refractivity contribution in [2.24, 2.45) is 4.99 Å². The van der Waals surface area contributed by atoms with Crippen LogP contribution in [0.15, 0.2) is 38.8 Å². The second kappa shape index (κ2) is 6.47. The largest absolute Gasteiger partial charge is 0.494 e. The fraction of sp³-hybridized carbons (Fsp3) is 0.389. The van der Waals surface area contributed by atoms with Crippen LogP contribution in [0.25, 0.3) is 0 Å². The molecule has 0 spiro atoms. The summed E-state index contributed by atoms with van der Waals surface area (Å²) in [5.41, 5.74) is -0.184. The molecule has 2 rings (SSSR count). The fourth-order valence-corrected chi connectivity index (χ4v) is 2.36. The van der Waals surface area contributed by atoms with Gasteiger partial charge in [0.25, 0.3) is 5.56 Å². The molecule has 2 N–H and O–H groups in total. The minimum absolute atomic E-state index is 0.0440. The highest BCUT2D eigenvalue weighted by molar-refractivity contribution is 5.84. The van der Waals surface area contributed by atoms with E-state index in [2.05, 4.69) is 23.8 Å². The van der Waals surface area contributed by atoms with E-state index in [0.29, 0.717) is 11.6 Å². The predicted molar refractivity (Wildman–Crippen MR) is 95.8 cm³/mol. The lowest BCUT2D eigenvalue weighted by Gasteiger charge is -2.23. The number of H-pyrrole nitrogens is 1. The third kappa shape index (κ3) is 3.64. The Kier molecular flexibility index (Phi) is 4.78. The van der Waals surface area contributed by atoms with Crippen molar-refractivity contribution in [1.82, 2.24) is 9.55 Å². The molecule has 24 heavy (non-hydrogen) atoms. The number of rotatable bonds is 3. The molecule has 0 unspecified atom stereocenters. The van der Waals surface area contributed by atoms with Crippen molar-refractivity contribution in [2.75, 3.05) is 0 Å². The first-order valence-corrected chi connectivity index (χ1v) is 7.84. The zero-order chi connectivity index (χ0) is 18.1. The average Bonchev–Trinajstić information content (AvgIpc) is 2.45. The maximum Gasteiger partial charge on any atom is 0.331 e. The zero-order valence-corrected chi connectivity index (χ0v) is 14.6. The summed E-state index contributed by atoms with van der Waals surface area (Å²) in [7, 11) is 0. The smallest absolute Gasteiger partial charge is 0.331 e. The second-order valence-electron chi connectivity index (χ2n) is 7.01. The van der Waals surface area contributed by atoms with Gasteiger partial charge in [-0.25, -0.2) is 4.79 Å². The van der Waals surface area contributed by atoms with Gasteiger partial charge in [-0.15, -0.1) is 0 Å². The topological polar surface area (TPSA) is 87.4 Å². The SMILES string of the molecule is CC(C)c1ccc(N=Cc2c(O)n(C(C)(C)C)c(=O)[nH]c2=O)cc1. The van der Waals surface area contributed by atoms with Gasteiger partial charge >= 0.3 is 5.69 Å². The summed E-state index contributed by atoms with van der Waals surface area (Å²) in [6.07, 6.45) is 1.28. The van der Waals surface area contributed by atoms with Crippen molar-refractivity contribution in [3.05, 3.63) is 56.2 Å². The van der Waals surface area contributed by atoms with Crippen LogP contribution in [0.4, 0.5) is 5.69 Å². The molecule has 6 nitrogen and oxygen atoms in total. The van der Waals surface area contributed by atoms with Gasteiger partial charge in [-0.2, -0.15) is 0 Å². The van der Waals surface area contributed by atoms with Crippen LogP contribution in [0, 0.1) is 0 Å². The summed E-state index contributed by atoms with van der Waals surface area (Å²) in [5.74, 6) is 0.0315. The Balaban J connectivity index is 2.46. The molecule has 0 aliphatic rings. The molecule has 0 bridgehead atoms. The van der Waals surface area contributed by atoms with Gasteiger partial charge in [-0.3, -0.25) is 19.3 Å². The summed E-state index contributed by atoms with van der Waals surface area (Å²) in [5, 5.41) is 10.3. The molecule has 2 aromatic rings. The van der Waals surface area contributed by atoms with Gasteiger partial charge in [-0.1, -0.05) is 26.0 Å². The predicted octanol–water partition coefficient (Wildman–Crippen LogP) is 2.87. The molecule has 0 radical (unpaired) electrons. The summed E-state index contributed by atoms with van der Waals surface area (Å²) in [6, 6.07) is 7.63. The number of aromatic amines is 1. The maximum absolute atomic E-state index is 12.0. The minimum atomic E-state index is -0.674. The van der Waals surface area contributed by atoms with Crippen molar-refractivity contribution in [1.29, 1.82) is 0 Å². The molecule has 0 saturated heterocycles. The molecule has 1 heterocycles. The number of nitrogens with zero attached hydrogens (tertiary/aromatic N) is 2. The standard InChI is InChI=1S/C18H23N3O3/c1-11(2)12-6-8-13(9-7-12)19-10-14-15(22)20-17(24)21(16(14)23)18(3,4)5/h6-11,23H,1-5H3,(H,20,22,24). The molecule has 0 atom stereocenters. The molecule has 128 valence electrons. The van der Waals surface area contributed by atoms with Crippen LogP contribution in [0.3, 0.4) is 0 Å². The number of nitrogens with one attached hydrogen (secondary N) is 1. The molecule has 0 amide bonds. The van der Waals surface area contributed by atoms with E-state index in [1.807, 2.05) is 24.3 Å². The Bertz CT molecular complexity index is 866. The number of aromatic hydroxyl groups is 1. The van der Waals surface area contributed by atoms with E-state index in [1.165, 1.54) is 11.8 Å². The first-order valence-electron chi connectivity index (χ1n) is 7.84. The fourth-order valence-electron chi connectivity index (χ4n) is 2.36. The quantitative estimate of drug-likeness (QED) is 0.849. The van der Waals surface area contributed by atoms with E-state index in [0.717, 1.165) is 4.57 Å². The van der Waals surface area contributed by atoms with Gasteiger partial charge in [0.2, 0.25) is 5.88 Å². The first-order chi connectivity index (χ1) is 11.1. The van der Waals surface area contributed by atoms with Crippen molar-refractivity contribution >= 4 is 11.9 Å². The van der Waals surface area contributed by atoms with E-state index in [9.17, 15) is 14.7 Å². The molecular formula is C18H23N3O3. The van der Waals surface area contributed by atoms with Crippen molar-refractivity contribution in [2.45, 2.75) is 46.1 Å². The molecule has 0 aliphatic heterocycles. The highest BCUT2D eigenvalue weighted by Crippen LogP contribution is 2.21. The maximum atomic E-state index is 12.0.